The molecule has 0 saturated carbocycles. The number of carbonyl (C=O) groups is 3. The Morgan fingerprint density at radius 1 is 1.09 bits per heavy atom. The number of ether oxygens (including phenoxy) is 1. The highest BCUT2D eigenvalue weighted by molar-refractivity contribution is 6.33. The Morgan fingerprint density at radius 2 is 1.87 bits per heavy atom. The minimum Gasteiger partial charge on any atom is -0.450 e. The van der Waals surface area contributed by atoms with Gasteiger partial charge in [0, 0.05) is 29.2 Å². The van der Waals surface area contributed by atoms with Gasteiger partial charge >= 0.3 is 6.09 Å². The molecule has 1 unspecified atom stereocenters. The molecule has 3 aromatic carbocycles. The number of hydrogen-bond donors (Lipinski definition) is 5. The average molecular weight is 635 g/mol. The molecule has 9 nitrogen and oxygen atoms in total. The highest BCUT2D eigenvalue weighted by Crippen LogP contribution is 2.53. The van der Waals surface area contributed by atoms with Crippen molar-refractivity contribution in [3.05, 3.63) is 93.5 Å². The Labute approximate surface area is 269 Å². The predicted molar refractivity (Wildman–Crippen MR) is 176 cm³/mol. The summed E-state index contributed by atoms with van der Waals surface area (Å²) in [5.41, 5.74) is 12.5. The van der Waals surface area contributed by atoms with Crippen LogP contribution in [0.5, 0.6) is 0 Å². The summed E-state index contributed by atoms with van der Waals surface area (Å²) in [4.78, 5) is 38.7. The molecule has 0 spiro atoms. The van der Waals surface area contributed by atoms with Crippen LogP contribution in [-0.2, 0) is 34.5 Å². The lowest BCUT2D eigenvalue weighted by Gasteiger charge is -2.50. The molecule has 1 aliphatic heterocycles. The molecular weight excluding hydrogens is 592 g/mol. The van der Waals surface area contributed by atoms with Gasteiger partial charge in [0.1, 0.15) is 5.60 Å². The first-order chi connectivity index (χ1) is 21.6. The van der Waals surface area contributed by atoms with Crippen LogP contribution < -0.4 is 22.1 Å². The first kappa shape index (κ1) is 34.1. The predicted octanol–water partition coefficient (Wildman–Crippen LogP) is 4.63. The number of carbonyl (C=O) groups excluding carboxylic acids is 3. The summed E-state index contributed by atoms with van der Waals surface area (Å²) in [6, 6.07) is 18.7. The van der Waals surface area contributed by atoms with Gasteiger partial charge in [0.25, 0.3) is 0 Å². The summed E-state index contributed by atoms with van der Waals surface area (Å²) in [7, 11) is 1.82. The van der Waals surface area contributed by atoms with E-state index < -0.39 is 23.0 Å². The Morgan fingerprint density at radius 3 is 2.53 bits per heavy atom. The van der Waals surface area contributed by atoms with E-state index in [1.54, 1.807) is 18.2 Å². The van der Waals surface area contributed by atoms with Crippen LogP contribution in [0.2, 0.25) is 5.02 Å². The van der Waals surface area contributed by atoms with Crippen molar-refractivity contribution in [2.24, 2.45) is 16.9 Å². The third-order valence-electron chi connectivity index (χ3n) is 8.78. The fourth-order valence-corrected chi connectivity index (χ4v) is 6.94. The van der Waals surface area contributed by atoms with E-state index in [0.29, 0.717) is 53.2 Å². The normalized spacial score (nSPS) is 17.8. The van der Waals surface area contributed by atoms with Gasteiger partial charge < -0.3 is 31.9 Å². The molecule has 0 aliphatic carbocycles. The number of Topliss-reactive ketones (excluding diaryl/α,β-unsaturated/α-hetero) is 1. The number of primary amides is 2. The van der Waals surface area contributed by atoms with Gasteiger partial charge in [-0.25, -0.2) is 4.79 Å². The van der Waals surface area contributed by atoms with Gasteiger partial charge in [0.05, 0.1) is 18.4 Å². The molecule has 0 bridgehead atoms. The molecule has 7 N–H and O–H groups in total. The summed E-state index contributed by atoms with van der Waals surface area (Å²) in [6.45, 7) is 3.41. The topological polar surface area (TPSA) is 157 Å². The average Bonchev–Trinajstić information content (AvgIpc) is 3.02. The second-order valence-corrected chi connectivity index (χ2v) is 12.1. The molecule has 0 aromatic heterocycles. The van der Waals surface area contributed by atoms with Gasteiger partial charge in [0.2, 0.25) is 5.91 Å². The Bertz CT molecular complexity index is 1540. The lowest BCUT2D eigenvalue weighted by atomic mass is 9.58. The van der Waals surface area contributed by atoms with E-state index in [2.05, 4.69) is 17.6 Å². The van der Waals surface area contributed by atoms with E-state index in [1.807, 2.05) is 49.5 Å². The molecule has 45 heavy (non-hydrogen) atoms. The third kappa shape index (κ3) is 7.39. The highest BCUT2D eigenvalue weighted by atomic mass is 35.5. The van der Waals surface area contributed by atoms with Crippen molar-refractivity contribution >= 4 is 29.4 Å². The van der Waals surface area contributed by atoms with Crippen molar-refractivity contribution in [1.82, 2.24) is 10.6 Å². The Hall–Kier alpha value is -3.76. The number of nitrogens with two attached hydrogens (primary N) is 2. The van der Waals surface area contributed by atoms with E-state index in [1.165, 1.54) is 0 Å². The fraction of sp³-hybridized carbons (Fsp3) is 0.400. The number of nitrogens with one attached hydrogen (secondary N) is 2. The number of aryl methyl sites for hydroxylation is 1. The van der Waals surface area contributed by atoms with E-state index in [-0.39, 0.29) is 38.2 Å². The van der Waals surface area contributed by atoms with Gasteiger partial charge in [-0.15, -0.1) is 0 Å². The standard InChI is InChI=1S/C35H43ClN4O5/c1-3-23-8-4-9-25(18-23)31-28(10-5-11-29(31)36)35(44,15-7-17-45-33(38)43)34(14-6-16-40-22-34)32(42)27-13-12-24(21-39-2)19-26(27)20-30(37)41/h4-5,8-13,18-19,39-40,44H,3,6-7,14-17,20-22H2,1-2H3,(H2,37,41)(H2,38,43)/t34-,35?/m0/s1. The molecule has 1 heterocycles. The molecule has 3 aromatic rings. The van der Waals surface area contributed by atoms with Crippen LogP contribution in [0.1, 0.15) is 65.2 Å². The van der Waals surface area contributed by atoms with Crippen LogP contribution in [0, 0.1) is 5.41 Å². The smallest absolute Gasteiger partial charge is 0.404 e. The highest BCUT2D eigenvalue weighted by Gasteiger charge is 2.57. The maximum Gasteiger partial charge on any atom is 0.404 e. The summed E-state index contributed by atoms with van der Waals surface area (Å²) in [5.74, 6) is -0.859. The maximum atomic E-state index is 15.1. The summed E-state index contributed by atoms with van der Waals surface area (Å²) >= 11 is 6.92. The fourth-order valence-electron chi connectivity index (χ4n) is 6.66. The van der Waals surface area contributed by atoms with Crippen LogP contribution in [0.15, 0.2) is 60.7 Å². The van der Waals surface area contributed by atoms with Crippen molar-refractivity contribution in [3.8, 4) is 11.1 Å². The third-order valence-corrected chi connectivity index (χ3v) is 9.10. The first-order valence-electron chi connectivity index (χ1n) is 15.4. The summed E-state index contributed by atoms with van der Waals surface area (Å²) in [6.07, 6.45) is 1.04. The van der Waals surface area contributed by atoms with Crippen LogP contribution in [0.25, 0.3) is 11.1 Å². The van der Waals surface area contributed by atoms with Crippen LogP contribution >= 0.6 is 11.6 Å². The molecule has 0 radical (unpaired) electrons. The number of benzene rings is 3. The van der Waals surface area contributed by atoms with Crippen LogP contribution in [0.3, 0.4) is 0 Å². The van der Waals surface area contributed by atoms with E-state index in [4.69, 9.17) is 27.8 Å². The zero-order valence-electron chi connectivity index (χ0n) is 26.0. The molecule has 10 heteroatoms. The molecule has 2 amide bonds. The van der Waals surface area contributed by atoms with E-state index in [0.717, 1.165) is 23.1 Å². The van der Waals surface area contributed by atoms with E-state index in [9.17, 15) is 14.7 Å². The Balaban J connectivity index is 1.97. The van der Waals surface area contributed by atoms with Crippen molar-refractivity contribution in [2.45, 2.75) is 57.6 Å². The number of aliphatic hydroxyl groups is 1. The molecule has 1 fully saturated rings. The number of hydrogen-bond acceptors (Lipinski definition) is 7. The largest absolute Gasteiger partial charge is 0.450 e. The molecule has 240 valence electrons. The summed E-state index contributed by atoms with van der Waals surface area (Å²) in [5, 5.41) is 20.2. The zero-order valence-corrected chi connectivity index (χ0v) is 26.7. The van der Waals surface area contributed by atoms with Crippen molar-refractivity contribution in [2.75, 3.05) is 26.7 Å². The quantitative estimate of drug-likeness (QED) is 0.128. The first-order valence-corrected chi connectivity index (χ1v) is 15.8. The number of rotatable bonds is 14. The van der Waals surface area contributed by atoms with Gasteiger partial charge in [-0.1, -0.05) is 73.1 Å². The van der Waals surface area contributed by atoms with Gasteiger partial charge in [-0.05, 0) is 79.6 Å². The minimum atomic E-state index is -1.78. The number of halogens is 1. The molecule has 1 saturated heterocycles. The minimum absolute atomic E-state index is 0.0395. The SMILES string of the molecule is CCc1cccc(-c2c(Cl)cccc2C(O)(CCCOC(N)=O)[C@@]2(C(=O)c3ccc(CNC)cc3CC(N)=O)CCCNC2)c1. The van der Waals surface area contributed by atoms with E-state index >= 15 is 4.79 Å². The second-order valence-electron chi connectivity index (χ2n) is 11.7. The lowest BCUT2D eigenvalue weighted by molar-refractivity contribution is -0.117. The molecule has 2 atom stereocenters. The van der Waals surface area contributed by atoms with Crippen molar-refractivity contribution in [3.63, 3.8) is 0 Å². The zero-order chi connectivity index (χ0) is 32.6. The number of ketones is 1. The van der Waals surface area contributed by atoms with Gasteiger partial charge in [-0.3, -0.25) is 9.59 Å². The number of piperidine rings is 1. The van der Waals surface area contributed by atoms with Gasteiger partial charge in [0.15, 0.2) is 5.78 Å². The monoisotopic (exact) mass is 634 g/mol. The maximum absolute atomic E-state index is 15.1. The second kappa shape index (κ2) is 15.0. The van der Waals surface area contributed by atoms with Gasteiger partial charge in [-0.2, -0.15) is 0 Å². The number of amides is 2. The lowest BCUT2D eigenvalue weighted by Crippen LogP contribution is -2.59. The van der Waals surface area contributed by atoms with Crippen LogP contribution in [-0.4, -0.2) is 49.6 Å². The molecular formula is C35H43ClN4O5. The van der Waals surface area contributed by atoms with Crippen molar-refractivity contribution < 1.29 is 24.2 Å². The summed E-state index contributed by atoms with van der Waals surface area (Å²) < 4.78 is 5.05. The molecule has 1 aliphatic rings. The van der Waals surface area contributed by atoms with Crippen molar-refractivity contribution in [1.29, 1.82) is 0 Å². The Kier molecular flexibility index (Phi) is 11.4. The van der Waals surface area contributed by atoms with Crippen LogP contribution in [0.4, 0.5) is 4.79 Å². The molecule has 4 rings (SSSR count).